The van der Waals surface area contributed by atoms with Gasteiger partial charge in [-0.15, -0.1) is 22.9 Å². The molecule has 2 aromatic rings. The molecule has 90 valence electrons. The Morgan fingerprint density at radius 1 is 1.18 bits per heavy atom. The van der Waals surface area contributed by atoms with Crippen molar-refractivity contribution < 1.29 is 4.39 Å². The monoisotopic (exact) mass is 460 g/mol. The van der Waals surface area contributed by atoms with Crippen LogP contribution in [0.5, 0.6) is 0 Å². The SMILES string of the molecule is Fc1c(Br)cccc1C(Cl)c1cc(Br)sc1Br. The molecule has 0 aliphatic heterocycles. The van der Waals surface area contributed by atoms with Crippen LogP contribution in [0.25, 0.3) is 0 Å². The van der Waals surface area contributed by atoms with E-state index in [9.17, 15) is 4.39 Å². The maximum atomic E-state index is 13.9. The lowest BCUT2D eigenvalue weighted by molar-refractivity contribution is 0.605. The molecule has 0 nitrogen and oxygen atoms in total. The van der Waals surface area contributed by atoms with Crippen molar-refractivity contribution in [3.05, 3.63) is 53.3 Å². The number of rotatable bonds is 2. The second-order valence-electron chi connectivity index (χ2n) is 3.29. The molecule has 0 fully saturated rings. The zero-order chi connectivity index (χ0) is 12.6. The van der Waals surface area contributed by atoms with Gasteiger partial charge in [0, 0.05) is 11.1 Å². The van der Waals surface area contributed by atoms with Gasteiger partial charge in [0.25, 0.3) is 0 Å². The van der Waals surface area contributed by atoms with Crippen molar-refractivity contribution in [3.63, 3.8) is 0 Å². The molecule has 17 heavy (non-hydrogen) atoms. The van der Waals surface area contributed by atoms with Gasteiger partial charge in [0.15, 0.2) is 0 Å². The molecule has 0 bridgehead atoms. The summed E-state index contributed by atoms with van der Waals surface area (Å²) < 4.78 is 16.2. The van der Waals surface area contributed by atoms with Crippen LogP contribution in [-0.2, 0) is 0 Å². The van der Waals surface area contributed by atoms with Crippen molar-refractivity contribution >= 4 is 70.7 Å². The van der Waals surface area contributed by atoms with Gasteiger partial charge in [-0.25, -0.2) is 4.39 Å². The molecule has 0 aliphatic rings. The number of hydrogen-bond donors (Lipinski definition) is 0. The zero-order valence-corrected chi connectivity index (χ0v) is 14.5. The number of thiophene rings is 1. The summed E-state index contributed by atoms with van der Waals surface area (Å²) in [6, 6.07) is 7.01. The highest BCUT2D eigenvalue weighted by molar-refractivity contribution is 9.12. The molecule has 1 aromatic heterocycles. The van der Waals surface area contributed by atoms with Crippen LogP contribution in [0.4, 0.5) is 4.39 Å². The van der Waals surface area contributed by atoms with Crippen molar-refractivity contribution in [2.24, 2.45) is 0 Å². The van der Waals surface area contributed by atoms with Gasteiger partial charge in [0.1, 0.15) is 5.82 Å². The molecule has 0 saturated heterocycles. The molecular formula is C11H5Br3ClFS. The minimum absolute atomic E-state index is 0.318. The quantitative estimate of drug-likeness (QED) is 0.446. The van der Waals surface area contributed by atoms with Gasteiger partial charge in [0.05, 0.1) is 17.4 Å². The van der Waals surface area contributed by atoms with Crippen molar-refractivity contribution in [3.8, 4) is 0 Å². The Labute approximate surface area is 133 Å². The third-order valence-corrected chi connectivity index (χ3v) is 5.68. The molecule has 1 aromatic carbocycles. The topological polar surface area (TPSA) is 0 Å². The maximum absolute atomic E-state index is 13.9. The summed E-state index contributed by atoms with van der Waals surface area (Å²) in [5, 5.41) is -0.510. The van der Waals surface area contributed by atoms with E-state index in [2.05, 4.69) is 47.8 Å². The Balaban J connectivity index is 2.47. The van der Waals surface area contributed by atoms with Crippen LogP contribution in [0.3, 0.4) is 0 Å². The molecular weight excluding hydrogens is 458 g/mol. The second kappa shape index (κ2) is 5.70. The summed E-state index contributed by atoms with van der Waals surface area (Å²) in [7, 11) is 0. The first-order chi connectivity index (χ1) is 8.00. The third-order valence-electron chi connectivity index (χ3n) is 2.21. The first kappa shape index (κ1) is 14.0. The predicted molar refractivity (Wildman–Crippen MR) is 81.5 cm³/mol. The molecule has 0 amide bonds. The highest BCUT2D eigenvalue weighted by Gasteiger charge is 2.20. The lowest BCUT2D eigenvalue weighted by Crippen LogP contribution is -1.96. The minimum atomic E-state index is -0.510. The van der Waals surface area contributed by atoms with Crippen molar-refractivity contribution in [2.45, 2.75) is 5.38 Å². The average molecular weight is 463 g/mol. The fourth-order valence-electron chi connectivity index (χ4n) is 1.41. The van der Waals surface area contributed by atoms with E-state index in [1.54, 1.807) is 18.2 Å². The Bertz CT molecular complexity index is 556. The van der Waals surface area contributed by atoms with E-state index >= 15 is 0 Å². The fourth-order valence-corrected chi connectivity index (χ4v) is 5.23. The maximum Gasteiger partial charge on any atom is 0.142 e. The fraction of sp³-hybridized carbons (Fsp3) is 0.0909. The Morgan fingerprint density at radius 2 is 1.88 bits per heavy atom. The van der Waals surface area contributed by atoms with Crippen LogP contribution < -0.4 is 0 Å². The molecule has 0 saturated carbocycles. The molecule has 0 spiro atoms. The molecule has 0 radical (unpaired) electrons. The molecule has 0 aliphatic carbocycles. The summed E-state index contributed by atoms with van der Waals surface area (Å²) in [4.78, 5) is 0. The highest BCUT2D eigenvalue weighted by atomic mass is 79.9. The van der Waals surface area contributed by atoms with E-state index < -0.39 is 5.38 Å². The summed E-state index contributed by atoms with van der Waals surface area (Å²) >= 11 is 17.8. The summed E-state index contributed by atoms with van der Waals surface area (Å²) in [5.41, 5.74) is 1.33. The summed E-state index contributed by atoms with van der Waals surface area (Å²) in [6.45, 7) is 0. The van der Waals surface area contributed by atoms with Gasteiger partial charge in [-0.1, -0.05) is 12.1 Å². The van der Waals surface area contributed by atoms with Crippen molar-refractivity contribution in [1.82, 2.24) is 0 Å². The van der Waals surface area contributed by atoms with E-state index in [4.69, 9.17) is 11.6 Å². The van der Waals surface area contributed by atoms with E-state index in [0.29, 0.717) is 10.0 Å². The summed E-state index contributed by atoms with van der Waals surface area (Å²) in [6.07, 6.45) is 0. The van der Waals surface area contributed by atoms with Crippen LogP contribution in [0.15, 0.2) is 36.3 Å². The van der Waals surface area contributed by atoms with Crippen LogP contribution in [0.2, 0.25) is 0 Å². The minimum Gasteiger partial charge on any atom is -0.205 e. The Kier molecular flexibility index (Phi) is 4.69. The van der Waals surface area contributed by atoms with E-state index in [1.807, 2.05) is 6.07 Å². The first-order valence-corrected chi connectivity index (χ1v) is 8.16. The number of hydrogen-bond acceptors (Lipinski definition) is 1. The molecule has 1 unspecified atom stereocenters. The molecule has 1 heterocycles. The van der Waals surface area contributed by atoms with Crippen LogP contribution in [-0.4, -0.2) is 0 Å². The lowest BCUT2D eigenvalue weighted by Gasteiger charge is -2.11. The Morgan fingerprint density at radius 3 is 2.47 bits per heavy atom. The molecule has 0 N–H and O–H groups in total. The molecule has 2 rings (SSSR count). The third kappa shape index (κ3) is 2.95. The van der Waals surface area contributed by atoms with E-state index in [1.165, 1.54) is 11.3 Å². The lowest BCUT2D eigenvalue weighted by atomic mass is 10.1. The number of halogens is 5. The largest absolute Gasteiger partial charge is 0.205 e. The van der Waals surface area contributed by atoms with E-state index in [0.717, 1.165) is 13.1 Å². The van der Waals surface area contributed by atoms with Crippen LogP contribution >= 0.6 is 70.7 Å². The van der Waals surface area contributed by atoms with Crippen molar-refractivity contribution in [1.29, 1.82) is 0 Å². The van der Waals surface area contributed by atoms with Gasteiger partial charge in [0.2, 0.25) is 0 Å². The number of alkyl halides is 1. The smallest absolute Gasteiger partial charge is 0.142 e. The molecule has 6 heteroatoms. The van der Waals surface area contributed by atoms with E-state index in [-0.39, 0.29) is 5.82 Å². The summed E-state index contributed by atoms with van der Waals surface area (Å²) in [5.74, 6) is -0.318. The predicted octanol–water partition coefficient (Wildman–Crippen LogP) is 6.50. The second-order valence-corrected chi connectivity index (χ2v) is 8.33. The van der Waals surface area contributed by atoms with Crippen LogP contribution in [0, 0.1) is 5.82 Å². The van der Waals surface area contributed by atoms with Gasteiger partial charge in [-0.2, -0.15) is 0 Å². The highest BCUT2D eigenvalue weighted by Crippen LogP contribution is 2.42. The van der Waals surface area contributed by atoms with Gasteiger partial charge < -0.3 is 0 Å². The standard InChI is InChI=1S/C11H5Br3ClFS/c12-7-3-1-2-5(10(7)16)9(15)6-4-8(13)17-11(6)14/h1-4,9H. The average Bonchev–Trinajstić information content (AvgIpc) is 2.61. The normalized spacial score (nSPS) is 12.8. The molecule has 1 atom stereocenters. The van der Waals surface area contributed by atoms with Gasteiger partial charge in [-0.3, -0.25) is 0 Å². The van der Waals surface area contributed by atoms with Gasteiger partial charge in [-0.05, 0) is 59.9 Å². The Hall–Kier alpha value is 0.580. The zero-order valence-electron chi connectivity index (χ0n) is 8.18. The van der Waals surface area contributed by atoms with Crippen LogP contribution in [0.1, 0.15) is 16.5 Å². The van der Waals surface area contributed by atoms with Crippen molar-refractivity contribution in [2.75, 3.05) is 0 Å². The van der Waals surface area contributed by atoms with Gasteiger partial charge >= 0.3 is 0 Å². The first-order valence-electron chi connectivity index (χ1n) is 4.53. The number of benzene rings is 1.